The van der Waals surface area contributed by atoms with Crippen molar-refractivity contribution in [1.82, 2.24) is 9.80 Å². The van der Waals surface area contributed by atoms with Crippen molar-refractivity contribution in [1.29, 1.82) is 0 Å². The van der Waals surface area contributed by atoms with E-state index in [0.717, 1.165) is 0 Å². The highest BCUT2D eigenvalue weighted by Crippen LogP contribution is 2.29. The number of halogens is 3. The molecule has 1 aliphatic rings. The topological polar surface area (TPSA) is 43.8 Å². The number of likely N-dealkylation sites (N-methyl/N-ethyl adjacent to an activating group) is 1. The molecule has 0 bridgehead atoms. The van der Waals surface area contributed by atoms with E-state index in [9.17, 15) is 18.0 Å². The molecule has 0 aromatic carbocycles. The highest BCUT2D eigenvalue weighted by molar-refractivity contribution is 5.71. The summed E-state index contributed by atoms with van der Waals surface area (Å²) in [6.07, 6.45) is -4.70. The van der Waals surface area contributed by atoms with Gasteiger partial charge in [-0.15, -0.1) is 0 Å². The van der Waals surface area contributed by atoms with Crippen LogP contribution in [0.1, 0.15) is 13.8 Å². The first-order valence-corrected chi connectivity index (χ1v) is 5.77. The van der Waals surface area contributed by atoms with Gasteiger partial charge in [0, 0.05) is 31.7 Å². The molecule has 0 saturated carbocycles. The van der Waals surface area contributed by atoms with Crippen molar-refractivity contribution in [3.05, 3.63) is 0 Å². The standard InChI is InChI=1S/C11H19F3N2O2/c1-10(2)7-16(5-4-15(10)3)6-8(9(17)18)11(12,13)14/h8H,4-7H2,1-3H3,(H,17,18). The van der Waals surface area contributed by atoms with E-state index in [1.807, 2.05) is 20.9 Å². The maximum atomic E-state index is 12.6. The Bertz CT molecular complexity index is 318. The van der Waals surface area contributed by atoms with Gasteiger partial charge in [-0.2, -0.15) is 13.2 Å². The van der Waals surface area contributed by atoms with Crippen molar-refractivity contribution in [2.75, 3.05) is 33.2 Å². The van der Waals surface area contributed by atoms with Crippen molar-refractivity contribution in [3.8, 4) is 0 Å². The van der Waals surface area contributed by atoms with Gasteiger partial charge < -0.3 is 5.11 Å². The first-order valence-electron chi connectivity index (χ1n) is 5.77. The summed E-state index contributed by atoms with van der Waals surface area (Å²) in [6.45, 7) is 4.92. The van der Waals surface area contributed by atoms with Gasteiger partial charge in [0.2, 0.25) is 0 Å². The number of carbonyl (C=O) groups is 1. The van der Waals surface area contributed by atoms with Crippen molar-refractivity contribution in [3.63, 3.8) is 0 Å². The van der Waals surface area contributed by atoms with E-state index in [1.54, 1.807) is 4.90 Å². The minimum absolute atomic E-state index is 0.243. The predicted octanol–water partition coefficient (Wildman–Crippen LogP) is 1.28. The molecule has 7 heteroatoms. The quantitative estimate of drug-likeness (QED) is 0.837. The summed E-state index contributed by atoms with van der Waals surface area (Å²) in [6, 6.07) is 0. The van der Waals surface area contributed by atoms with E-state index < -0.39 is 24.6 Å². The molecule has 1 rings (SSSR count). The molecular formula is C11H19F3N2O2. The SMILES string of the molecule is CN1CCN(CC(C(=O)O)C(F)(F)F)CC1(C)C. The molecule has 4 nitrogen and oxygen atoms in total. The van der Waals surface area contributed by atoms with Gasteiger partial charge in [-0.05, 0) is 20.9 Å². The monoisotopic (exact) mass is 268 g/mol. The fraction of sp³-hybridized carbons (Fsp3) is 0.909. The maximum Gasteiger partial charge on any atom is 0.403 e. The summed E-state index contributed by atoms with van der Waals surface area (Å²) in [5, 5.41) is 8.66. The number of carboxylic acid groups (broad SMARTS) is 1. The van der Waals surface area contributed by atoms with Gasteiger partial charge >= 0.3 is 12.1 Å². The third-order valence-electron chi connectivity index (χ3n) is 3.53. The number of piperazine rings is 1. The van der Waals surface area contributed by atoms with Crippen molar-refractivity contribution >= 4 is 5.97 Å². The molecule has 1 heterocycles. The van der Waals surface area contributed by atoms with Crippen LogP contribution in [-0.2, 0) is 4.79 Å². The van der Waals surface area contributed by atoms with Gasteiger partial charge in [0.25, 0.3) is 0 Å². The molecule has 0 aromatic rings. The van der Waals surface area contributed by atoms with E-state index >= 15 is 0 Å². The molecule has 1 atom stereocenters. The van der Waals surface area contributed by atoms with Crippen molar-refractivity contribution < 1.29 is 23.1 Å². The summed E-state index contributed by atoms with van der Waals surface area (Å²) in [5.74, 6) is -4.11. The summed E-state index contributed by atoms with van der Waals surface area (Å²) >= 11 is 0. The molecule has 1 fully saturated rings. The average Bonchev–Trinajstić information content (AvgIpc) is 2.17. The predicted molar refractivity (Wildman–Crippen MR) is 60.3 cm³/mol. The molecule has 0 radical (unpaired) electrons. The summed E-state index contributed by atoms with van der Waals surface area (Å²) in [7, 11) is 1.91. The highest BCUT2D eigenvalue weighted by atomic mass is 19.4. The normalized spacial score (nSPS) is 23.9. The molecule has 0 aliphatic carbocycles. The minimum Gasteiger partial charge on any atom is -0.481 e. The number of rotatable bonds is 3. The Balaban J connectivity index is 2.69. The van der Waals surface area contributed by atoms with Gasteiger partial charge in [0.1, 0.15) is 0 Å². The summed E-state index contributed by atoms with van der Waals surface area (Å²) in [4.78, 5) is 14.3. The van der Waals surface area contributed by atoms with E-state index in [4.69, 9.17) is 5.11 Å². The largest absolute Gasteiger partial charge is 0.481 e. The fourth-order valence-electron chi connectivity index (χ4n) is 2.08. The zero-order valence-corrected chi connectivity index (χ0v) is 10.8. The Hall–Kier alpha value is -0.820. The average molecular weight is 268 g/mol. The molecule has 1 N–H and O–H groups in total. The van der Waals surface area contributed by atoms with Crippen molar-refractivity contribution in [2.24, 2.45) is 5.92 Å². The maximum absolute atomic E-state index is 12.6. The molecule has 1 unspecified atom stereocenters. The zero-order chi connectivity index (χ0) is 14.1. The molecule has 0 aromatic heterocycles. The van der Waals surface area contributed by atoms with Crippen LogP contribution in [0.25, 0.3) is 0 Å². The van der Waals surface area contributed by atoms with Crippen LogP contribution < -0.4 is 0 Å². The van der Waals surface area contributed by atoms with Gasteiger partial charge in [-0.3, -0.25) is 14.6 Å². The van der Waals surface area contributed by atoms with E-state index in [2.05, 4.69) is 4.90 Å². The molecule has 18 heavy (non-hydrogen) atoms. The van der Waals surface area contributed by atoms with Crippen LogP contribution >= 0.6 is 0 Å². The molecule has 0 spiro atoms. The van der Waals surface area contributed by atoms with Gasteiger partial charge in [-0.1, -0.05) is 0 Å². The summed E-state index contributed by atoms with van der Waals surface area (Å²) < 4.78 is 37.7. The smallest absolute Gasteiger partial charge is 0.403 e. The van der Waals surface area contributed by atoms with Crippen LogP contribution in [0.2, 0.25) is 0 Å². The lowest BCUT2D eigenvalue weighted by Gasteiger charge is -2.46. The molecule has 106 valence electrons. The van der Waals surface area contributed by atoms with Crippen LogP contribution in [0.5, 0.6) is 0 Å². The number of hydrogen-bond donors (Lipinski definition) is 1. The lowest BCUT2D eigenvalue weighted by Crippen LogP contribution is -2.59. The Labute approximate surface area is 104 Å². The van der Waals surface area contributed by atoms with Gasteiger partial charge in [-0.25, -0.2) is 0 Å². The molecule has 1 saturated heterocycles. The van der Waals surface area contributed by atoms with Crippen LogP contribution in [0.4, 0.5) is 13.2 Å². The molecular weight excluding hydrogens is 249 g/mol. The second kappa shape index (κ2) is 5.05. The van der Waals surface area contributed by atoms with Crippen LogP contribution in [0, 0.1) is 5.92 Å². The van der Waals surface area contributed by atoms with Crippen molar-refractivity contribution in [2.45, 2.75) is 25.6 Å². The fourth-order valence-corrected chi connectivity index (χ4v) is 2.08. The lowest BCUT2D eigenvalue weighted by molar-refractivity contribution is -0.198. The molecule has 1 aliphatic heterocycles. The second-order valence-corrected chi connectivity index (χ2v) is 5.40. The van der Waals surface area contributed by atoms with E-state index in [-0.39, 0.29) is 5.54 Å². The number of aliphatic carboxylic acids is 1. The van der Waals surface area contributed by atoms with Crippen LogP contribution in [-0.4, -0.2) is 65.8 Å². The number of nitrogens with zero attached hydrogens (tertiary/aromatic N) is 2. The molecule has 0 amide bonds. The van der Waals surface area contributed by atoms with Gasteiger partial charge in [0.15, 0.2) is 5.92 Å². The minimum atomic E-state index is -4.70. The van der Waals surface area contributed by atoms with E-state index in [0.29, 0.717) is 19.6 Å². The third kappa shape index (κ3) is 3.58. The van der Waals surface area contributed by atoms with Crippen LogP contribution in [0.3, 0.4) is 0 Å². The Kier molecular flexibility index (Phi) is 4.27. The number of alkyl halides is 3. The zero-order valence-electron chi connectivity index (χ0n) is 10.8. The third-order valence-corrected chi connectivity index (χ3v) is 3.53. The van der Waals surface area contributed by atoms with Crippen LogP contribution in [0.15, 0.2) is 0 Å². The first kappa shape index (κ1) is 15.2. The second-order valence-electron chi connectivity index (χ2n) is 5.40. The first-order chi connectivity index (χ1) is 8.04. The Morgan fingerprint density at radius 1 is 1.39 bits per heavy atom. The van der Waals surface area contributed by atoms with E-state index in [1.165, 1.54) is 0 Å². The summed E-state index contributed by atoms with van der Waals surface area (Å²) in [5.41, 5.74) is -0.243. The highest BCUT2D eigenvalue weighted by Gasteiger charge is 2.46. The Morgan fingerprint density at radius 2 is 1.94 bits per heavy atom. The number of hydrogen-bond acceptors (Lipinski definition) is 3. The lowest BCUT2D eigenvalue weighted by atomic mass is 9.98. The van der Waals surface area contributed by atoms with Gasteiger partial charge in [0.05, 0.1) is 0 Å². The number of carboxylic acids is 1. The Morgan fingerprint density at radius 3 is 2.33 bits per heavy atom.